The molecule has 1 aliphatic rings. The number of esters is 1. The van der Waals surface area contributed by atoms with E-state index in [1.165, 1.54) is 7.11 Å². The van der Waals surface area contributed by atoms with Gasteiger partial charge in [-0.3, -0.25) is 9.59 Å². The van der Waals surface area contributed by atoms with Gasteiger partial charge in [-0.25, -0.2) is 0 Å². The van der Waals surface area contributed by atoms with E-state index in [0.717, 1.165) is 25.8 Å². The maximum Gasteiger partial charge on any atom is 0.307 e. The first-order valence-corrected chi connectivity index (χ1v) is 6.40. The highest BCUT2D eigenvalue weighted by Gasteiger charge is 2.29. The van der Waals surface area contributed by atoms with Gasteiger partial charge in [-0.2, -0.15) is 0 Å². The standard InChI is InChI=1S/C13H23NO3/c1-10(2)9-14(8-7-12(15)17-3)13(16)11-5-4-6-11/h10-11H,4-9H2,1-3H3. The number of hydrogen-bond donors (Lipinski definition) is 0. The number of carbonyl (C=O) groups excluding carboxylic acids is 2. The van der Waals surface area contributed by atoms with Crippen molar-refractivity contribution in [1.29, 1.82) is 0 Å². The van der Waals surface area contributed by atoms with Gasteiger partial charge in [-0.1, -0.05) is 20.3 Å². The lowest BCUT2D eigenvalue weighted by Gasteiger charge is -2.32. The van der Waals surface area contributed by atoms with Crippen molar-refractivity contribution in [3.8, 4) is 0 Å². The molecular weight excluding hydrogens is 218 g/mol. The van der Waals surface area contributed by atoms with Crippen LogP contribution in [0.2, 0.25) is 0 Å². The van der Waals surface area contributed by atoms with Crippen molar-refractivity contribution in [3.05, 3.63) is 0 Å². The van der Waals surface area contributed by atoms with Gasteiger partial charge in [0.25, 0.3) is 0 Å². The number of rotatable bonds is 6. The van der Waals surface area contributed by atoms with Crippen LogP contribution in [0.25, 0.3) is 0 Å². The zero-order chi connectivity index (χ0) is 12.8. The van der Waals surface area contributed by atoms with E-state index in [1.807, 2.05) is 4.90 Å². The summed E-state index contributed by atoms with van der Waals surface area (Å²) in [6.45, 7) is 5.38. The Morgan fingerprint density at radius 2 is 2.00 bits per heavy atom. The van der Waals surface area contributed by atoms with Crippen LogP contribution in [0.1, 0.15) is 39.5 Å². The molecule has 1 fully saturated rings. The molecule has 0 bridgehead atoms. The fraction of sp³-hybridized carbons (Fsp3) is 0.846. The van der Waals surface area contributed by atoms with Crippen molar-refractivity contribution in [1.82, 2.24) is 4.90 Å². The van der Waals surface area contributed by atoms with Crippen molar-refractivity contribution in [3.63, 3.8) is 0 Å². The van der Waals surface area contributed by atoms with Gasteiger partial charge < -0.3 is 9.64 Å². The number of amides is 1. The van der Waals surface area contributed by atoms with E-state index >= 15 is 0 Å². The zero-order valence-electron chi connectivity index (χ0n) is 11.1. The summed E-state index contributed by atoms with van der Waals surface area (Å²) in [7, 11) is 1.38. The summed E-state index contributed by atoms with van der Waals surface area (Å²) in [4.78, 5) is 25.1. The molecule has 1 aliphatic carbocycles. The first-order chi connectivity index (χ1) is 8.04. The fourth-order valence-corrected chi connectivity index (χ4v) is 1.97. The molecule has 0 aromatic heterocycles. The Morgan fingerprint density at radius 3 is 2.41 bits per heavy atom. The second kappa shape index (κ2) is 6.62. The van der Waals surface area contributed by atoms with Crippen molar-refractivity contribution in [2.24, 2.45) is 11.8 Å². The van der Waals surface area contributed by atoms with Crippen LogP contribution >= 0.6 is 0 Å². The second-order valence-corrected chi connectivity index (χ2v) is 5.13. The summed E-state index contributed by atoms with van der Waals surface area (Å²) in [6, 6.07) is 0. The number of methoxy groups -OCH3 is 1. The molecule has 0 N–H and O–H groups in total. The van der Waals surface area contributed by atoms with Crippen molar-refractivity contribution in [2.75, 3.05) is 20.2 Å². The average molecular weight is 241 g/mol. The lowest BCUT2D eigenvalue weighted by atomic mass is 9.84. The molecule has 0 aliphatic heterocycles. The monoisotopic (exact) mass is 241 g/mol. The van der Waals surface area contributed by atoms with Gasteiger partial charge in [0.15, 0.2) is 0 Å². The molecule has 4 heteroatoms. The van der Waals surface area contributed by atoms with Crippen LogP contribution in [0, 0.1) is 11.8 Å². The van der Waals surface area contributed by atoms with E-state index < -0.39 is 0 Å². The third kappa shape index (κ3) is 4.36. The van der Waals surface area contributed by atoms with E-state index in [0.29, 0.717) is 18.9 Å². The third-order valence-corrected chi connectivity index (χ3v) is 3.17. The van der Waals surface area contributed by atoms with Gasteiger partial charge in [0.1, 0.15) is 0 Å². The van der Waals surface area contributed by atoms with Crippen LogP contribution in [0.15, 0.2) is 0 Å². The van der Waals surface area contributed by atoms with Gasteiger partial charge in [-0.05, 0) is 18.8 Å². The quantitative estimate of drug-likeness (QED) is 0.667. The highest BCUT2D eigenvalue weighted by molar-refractivity contribution is 5.80. The summed E-state index contributed by atoms with van der Waals surface area (Å²) in [5.74, 6) is 0.595. The molecule has 0 heterocycles. The number of ether oxygens (including phenoxy) is 1. The Labute approximate surface area is 103 Å². The second-order valence-electron chi connectivity index (χ2n) is 5.13. The van der Waals surface area contributed by atoms with Gasteiger partial charge in [-0.15, -0.1) is 0 Å². The Balaban J connectivity index is 2.46. The van der Waals surface area contributed by atoms with Gasteiger partial charge in [0.2, 0.25) is 5.91 Å². The molecule has 0 unspecified atom stereocenters. The minimum atomic E-state index is -0.250. The molecule has 17 heavy (non-hydrogen) atoms. The van der Waals surface area contributed by atoms with Gasteiger partial charge in [0, 0.05) is 19.0 Å². The summed E-state index contributed by atoms with van der Waals surface area (Å²) < 4.78 is 4.61. The molecular formula is C13H23NO3. The zero-order valence-corrected chi connectivity index (χ0v) is 11.1. The largest absolute Gasteiger partial charge is 0.469 e. The maximum absolute atomic E-state index is 12.1. The topological polar surface area (TPSA) is 46.6 Å². The summed E-state index contributed by atoms with van der Waals surface area (Å²) in [6.07, 6.45) is 3.46. The smallest absolute Gasteiger partial charge is 0.307 e. The molecule has 4 nitrogen and oxygen atoms in total. The molecule has 98 valence electrons. The predicted octanol–water partition coefficient (Wildman–Crippen LogP) is 1.83. The predicted molar refractivity (Wildman–Crippen MR) is 65.4 cm³/mol. The number of carbonyl (C=O) groups is 2. The normalized spacial score (nSPS) is 15.5. The van der Waals surface area contributed by atoms with Gasteiger partial charge >= 0.3 is 5.97 Å². The Morgan fingerprint density at radius 1 is 1.35 bits per heavy atom. The molecule has 0 atom stereocenters. The molecule has 0 saturated heterocycles. The SMILES string of the molecule is COC(=O)CCN(CC(C)C)C(=O)C1CCC1. The lowest BCUT2D eigenvalue weighted by Crippen LogP contribution is -2.42. The molecule has 0 radical (unpaired) electrons. The van der Waals surface area contributed by atoms with Crippen LogP contribution in [0.3, 0.4) is 0 Å². The molecule has 0 aromatic carbocycles. The maximum atomic E-state index is 12.1. The number of hydrogen-bond acceptors (Lipinski definition) is 3. The van der Waals surface area contributed by atoms with E-state index in [2.05, 4.69) is 18.6 Å². The molecule has 0 spiro atoms. The minimum absolute atomic E-state index is 0.200. The van der Waals surface area contributed by atoms with E-state index in [4.69, 9.17) is 0 Å². The van der Waals surface area contributed by atoms with E-state index in [1.54, 1.807) is 0 Å². The summed E-state index contributed by atoms with van der Waals surface area (Å²) >= 11 is 0. The Hall–Kier alpha value is -1.06. The number of nitrogens with zero attached hydrogens (tertiary/aromatic N) is 1. The van der Waals surface area contributed by atoms with Crippen molar-refractivity contribution < 1.29 is 14.3 Å². The Kier molecular flexibility index (Phi) is 5.45. The first kappa shape index (κ1) is 14.0. The van der Waals surface area contributed by atoms with Crippen LogP contribution in [-0.2, 0) is 14.3 Å². The van der Waals surface area contributed by atoms with E-state index in [-0.39, 0.29) is 17.8 Å². The summed E-state index contributed by atoms with van der Waals surface area (Å²) in [5.41, 5.74) is 0. The fourth-order valence-electron chi connectivity index (χ4n) is 1.97. The van der Waals surface area contributed by atoms with Crippen molar-refractivity contribution >= 4 is 11.9 Å². The molecule has 1 saturated carbocycles. The van der Waals surface area contributed by atoms with Crippen LogP contribution in [-0.4, -0.2) is 37.0 Å². The van der Waals surface area contributed by atoms with E-state index in [9.17, 15) is 9.59 Å². The van der Waals surface area contributed by atoms with Crippen LogP contribution in [0.4, 0.5) is 0 Å². The minimum Gasteiger partial charge on any atom is -0.469 e. The highest BCUT2D eigenvalue weighted by atomic mass is 16.5. The lowest BCUT2D eigenvalue weighted by molar-refractivity contribution is -0.143. The van der Waals surface area contributed by atoms with Crippen LogP contribution in [0.5, 0.6) is 0 Å². The van der Waals surface area contributed by atoms with Crippen LogP contribution < -0.4 is 0 Å². The van der Waals surface area contributed by atoms with Gasteiger partial charge in [0.05, 0.1) is 13.5 Å². The third-order valence-electron chi connectivity index (χ3n) is 3.17. The molecule has 0 aromatic rings. The first-order valence-electron chi connectivity index (χ1n) is 6.40. The Bertz CT molecular complexity index is 272. The molecule has 1 amide bonds. The average Bonchev–Trinajstić information content (AvgIpc) is 2.20. The summed E-state index contributed by atoms with van der Waals surface area (Å²) in [5, 5.41) is 0. The van der Waals surface area contributed by atoms with Crippen molar-refractivity contribution in [2.45, 2.75) is 39.5 Å². The molecule has 1 rings (SSSR count). The highest BCUT2D eigenvalue weighted by Crippen LogP contribution is 2.28.